The Hall–Kier alpha value is -3.76. The molecule has 1 N–H and O–H groups in total. The highest BCUT2D eigenvalue weighted by atomic mass is 32.2. The normalized spacial score (nSPS) is 12.9. The number of benzene rings is 3. The number of hydrogen-bond donors (Lipinski definition) is 1. The molecule has 2 amide bonds. The third-order valence-corrected chi connectivity index (χ3v) is 8.45. The Morgan fingerprint density at radius 1 is 0.900 bits per heavy atom. The van der Waals surface area contributed by atoms with Crippen LogP contribution in [0.2, 0.25) is 0 Å². The number of nitrogens with zero attached hydrogens (tertiary/aromatic N) is 3. The molecular weight excluding hydrogens is 531 g/mol. The van der Waals surface area contributed by atoms with Crippen LogP contribution in [-0.2, 0) is 32.8 Å². The Balaban J connectivity index is 2.09. The Kier molecular flexibility index (Phi) is 10.8. The molecule has 0 spiro atoms. The molecule has 0 saturated heterocycles. The van der Waals surface area contributed by atoms with Crippen LogP contribution in [0.3, 0.4) is 0 Å². The first-order chi connectivity index (χ1) is 19.0. The molecule has 10 heteroatoms. The van der Waals surface area contributed by atoms with Gasteiger partial charge in [0.25, 0.3) is 0 Å². The molecule has 3 aromatic carbocycles. The highest BCUT2D eigenvalue weighted by Gasteiger charge is 2.35. The summed E-state index contributed by atoms with van der Waals surface area (Å²) in [4.78, 5) is 29.0. The van der Waals surface area contributed by atoms with E-state index < -0.39 is 40.4 Å². The van der Waals surface area contributed by atoms with Gasteiger partial charge < -0.3 is 10.2 Å². The first-order valence-corrected chi connectivity index (χ1v) is 14.6. The van der Waals surface area contributed by atoms with Crippen LogP contribution in [0.4, 0.5) is 10.1 Å². The first-order valence-electron chi connectivity index (χ1n) is 13.2. The third-order valence-electron chi connectivity index (χ3n) is 6.63. The monoisotopic (exact) mass is 568 g/mol. The molecule has 3 rings (SSSR count). The van der Waals surface area contributed by atoms with Crippen LogP contribution in [-0.4, -0.2) is 62.2 Å². The lowest BCUT2D eigenvalue weighted by Gasteiger charge is -2.35. The van der Waals surface area contributed by atoms with Gasteiger partial charge in [-0.05, 0) is 37.1 Å². The molecule has 8 nitrogen and oxygen atoms in total. The van der Waals surface area contributed by atoms with Crippen LogP contribution >= 0.6 is 0 Å². The summed E-state index contributed by atoms with van der Waals surface area (Å²) in [7, 11) is -1.33. The van der Waals surface area contributed by atoms with Crippen LogP contribution in [0.5, 0.6) is 0 Å². The average molecular weight is 569 g/mol. The minimum Gasteiger partial charge on any atom is -0.352 e. The lowest BCUT2D eigenvalue weighted by molar-refractivity contribution is -0.140. The summed E-state index contributed by atoms with van der Waals surface area (Å²) in [6, 6.07) is 22.3. The van der Waals surface area contributed by atoms with Crippen molar-refractivity contribution in [2.75, 3.05) is 24.9 Å². The van der Waals surface area contributed by atoms with Crippen LogP contribution in [0, 0.1) is 5.82 Å². The van der Waals surface area contributed by atoms with Crippen molar-refractivity contribution in [1.82, 2.24) is 14.5 Å². The third kappa shape index (κ3) is 7.89. The van der Waals surface area contributed by atoms with E-state index in [0.29, 0.717) is 12.1 Å². The minimum atomic E-state index is -4.08. The van der Waals surface area contributed by atoms with Crippen molar-refractivity contribution in [3.05, 3.63) is 102 Å². The average Bonchev–Trinajstić information content (AvgIpc) is 2.95. The summed E-state index contributed by atoms with van der Waals surface area (Å²) in [5, 5.41) is 2.95. The van der Waals surface area contributed by atoms with Gasteiger partial charge in [-0.2, -0.15) is 12.7 Å². The van der Waals surface area contributed by atoms with E-state index in [1.165, 1.54) is 25.1 Å². The summed E-state index contributed by atoms with van der Waals surface area (Å²) < 4.78 is 43.5. The lowest BCUT2D eigenvalue weighted by atomic mass is 10.0. The number of halogens is 1. The van der Waals surface area contributed by atoms with Gasteiger partial charge in [-0.25, -0.2) is 8.70 Å². The van der Waals surface area contributed by atoms with Crippen molar-refractivity contribution >= 4 is 27.7 Å². The maximum atomic E-state index is 14.8. The smallest absolute Gasteiger partial charge is 0.304 e. The van der Waals surface area contributed by atoms with Crippen molar-refractivity contribution in [1.29, 1.82) is 0 Å². The van der Waals surface area contributed by atoms with Crippen LogP contribution in [0.1, 0.15) is 31.4 Å². The molecular formula is C30H37FN4O4S. The number of rotatable bonds is 13. The molecule has 40 heavy (non-hydrogen) atoms. The van der Waals surface area contributed by atoms with Gasteiger partial charge in [-0.15, -0.1) is 0 Å². The largest absolute Gasteiger partial charge is 0.352 e. The van der Waals surface area contributed by atoms with Gasteiger partial charge in [0, 0.05) is 38.7 Å². The van der Waals surface area contributed by atoms with Crippen LogP contribution < -0.4 is 9.62 Å². The van der Waals surface area contributed by atoms with E-state index in [2.05, 4.69) is 5.32 Å². The zero-order chi connectivity index (χ0) is 29.3. The maximum Gasteiger partial charge on any atom is 0.304 e. The van der Waals surface area contributed by atoms with E-state index in [1.54, 1.807) is 48.5 Å². The molecule has 0 radical (unpaired) electrons. The van der Waals surface area contributed by atoms with Gasteiger partial charge in [0.05, 0.1) is 5.69 Å². The van der Waals surface area contributed by atoms with E-state index in [1.807, 2.05) is 44.2 Å². The van der Waals surface area contributed by atoms with Gasteiger partial charge in [-0.1, -0.05) is 73.7 Å². The molecule has 214 valence electrons. The Bertz CT molecular complexity index is 1370. The van der Waals surface area contributed by atoms with Gasteiger partial charge in [0.1, 0.15) is 18.4 Å². The second kappa shape index (κ2) is 14.0. The molecule has 0 aromatic heterocycles. The Morgan fingerprint density at radius 3 is 2.05 bits per heavy atom. The number of nitrogens with one attached hydrogen (secondary N) is 1. The summed E-state index contributed by atoms with van der Waals surface area (Å²) in [5.74, 6) is -1.57. The Labute approximate surface area is 236 Å². The highest BCUT2D eigenvalue weighted by Crippen LogP contribution is 2.22. The maximum absolute atomic E-state index is 14.8. The molecule has 0 fully saturated rings. The van der Waals surface area contributed by atoms with Crippen molar-refractivity contribution in [3.63, 3.8) is 0 Å². The molecule has 0 aliphatic heterocycles. The topological polar surface area (TPSA) is 90.0 Å². The minimum absolute atomic E-state index is 0.161. The van der Waals surface area contributed by atoms with Crippen molar-refractivity contribution < 1.29 is 22.4 Å². The van der Waals surface area contributed by atoms with E-state index in [4.69, 9.17) is 0 Å². The fraction of sp³-hybridized carbons (Fsp3) is 0.333. The number of anilines is 1. The summed E-state index contributed by atoms with van der Waals surface area (Å²) in [5.41, 5.74) is 1.31. The summed E-state index contributed by atoms with van der Waals surface area (Å²) in [6.45, 7) is 2.99. The van der Waals surface area contributed by atoms with Crippen LogP contribution in [0.15, 0.2) is 84.9 Å². The van der Waals surface area contributed by atoms with E-state index in [-0.39, 0.29) is 24.6 Å². The van der Waals surface area contributed by atoms with E-state index in [9.17, 15) is 22.4 Å². The fourth-order valence-electron chi connectivity index (χ4n) is 4.12. The molecule has 0 saturated carbocycles. The fourth-order valence-corrected chi connectivity index (χ4v) is 5.17. The van der Waals surface area contributed by atoms with Crippen molar-refractivity contribution in [2.45, 2.75) is 45.3 Å². The standard InChI is InChI=1S/C30H37FN4O4S/c1-5-23(2)32-30(37)28(20-24-14-8-6-9-15-24)34(21-25-16-12-13-19-27(25)31)29(36)22-35(40(38,39)33(3)4)26-17-10-7-11-18-26/h6-19,23,28H,5,20-22H2,1-4H3,(H,32,37). The summed E-state index contributed by atoms with van der Waals surface area (Å²) >= 11 is 0. The zero-order valence-electron chi connectivity index (χ0n) is 23.3. The molecule has 0 heterocycles. The second-order valence-corrected chi connectivity index (χ2v) is 11.8. The highest BCUT2D eigenvalue weighted by molar-refractivity contribution is 7.90. The lowest BCUT2D eigenvalue weighted by Crippen LogP contribution is -2.55. The second-order valence-electron chi connectivity index (χ2n) is 9.77. The van der Waals surface area contributed by atoms with Crippen LogP contribution in [0.25, 0.3) is 0 Å². The predicted molar refractivity (Wildman–Crippen MR) is 155 cm³/mol. The molecule has 3 aromatic rings. The molecule has 0 aliphatic carbocycles. The molecule has 0 bridgehead atoms. The number of carbonyl (C=O) groups is 2. The van der Waals surface area contributed by atoms with Crippen molar-refractivity contribution in [2.24, 2.45) is 0 Å². The number of amides is 2. The van der Waals surface area contributed by atoms with Gasteiger partial charge >= 0.3 is 10.2 Å². The predicted octanol–water partition coefficient (Wildman–Crippen LogP) is 3.99. The molecule has 2 atom stereocenters. The van der Waals surface area contributed by atoms with Gasteiger partial charge in [-0.3, -0.25) is 9.59 Å². The number of para-hydroxylation sites is 1. The Morgan fingerprint density at radius 2 is 1.48 bits per heavy atom. The number of carbonyl (C=O) groups excluding carboxylic acids is 2. The first kappa shape index (κ1) is 30.8. The quantitative estimate of drug-likeness (QED) is 0.338. The van der Waals surface area contributed by atoms with Gasteiger partial charge in [0.15, 0.2) is 0 Å². The molecule has 2 unspecified atom stereocenters. The van der Waals surface area contributed by atoms with E-state index >= 15 is 0 Å². The number of hydrogen-bond acceptors (Lipinski definition) is 4. The van der Waals surface area contributed by atoms with E-state index in [0.717, 1.165) is 14.2 Å². The molecule has 0 aliphatic rings. The zero-order valence-corrected chi connectivity index (χ0v) is 24.1. The SMILES string of the molecule is CCC(C)NC(=O)C(Cc1ccccc1)N(Cc1ccccc1F)C(=O)CN(c1ccccc1)S(=O)(=O)N(C)C. The summed E-state index contributed by atoms with van der Waals surface area (Å²) in [6.07, 6.45) is 0.836. The van der Waals surface area contributed by atoms with Crippen molar-refractivity contribution in [3.8, 4) is 0 Å². The van der Waals surface area contributed by atoms with Gasteiger partial charge in [0.2, 0.25) is 11.8 Å².